The van der Waals surface area contributed by atoms with Gasteiger partial charge < -0.3 is 16.2 Å². The lowest BCUT2D eigenvalue weighted by Crippen LogP contribution is -2.07. The van der Waals surface area contributed by atoms with Crippen LogP contribution in [0.4, 0.5) is 5.69 Å². The fourth-order valence-corrected chi connectivity index (χ4v) is 1.44. The number of benzene rings is 1. The van der Waals surface area contributed by atoms with Crippen LogP contribution < -0.4 is 5.73 Å². The Morgan fingerprint density at radius 2 is 2.13 bits per heavy atom. The minimum atomic E-state index is -0.993. The molecule has 0 aliphatic carbocycles. The van der Waals surface area contributed by atoms with E-state index in [9.17, 15) is 4.79 Å². The van der Waals surface area contributed by atoms with Crippen molar-refractivity contribution in [3.05, 3.63) is 28.8 Å². The molecule has 4 heteroatoms. The van der Waals surface area contributed by atoms with Crippen LogP contribution in [-0.2, 0) is 6.42 Å². The Balaban J connectivity index is 3.45. The van der Waals surface area contributed by atoms with Gasteiger partial charge in [0.1, 0.15) is 0 Å². The van der Waals surface area contributed by atoms with Crippen LogP contribution in [0, 0.1) is 5.41 Å². The quantitative estimate of drug-likeness (QED) is 0.521. The van der Waals surface area contributed by atoms with Crippen LogP contribution >= 0.6 is 0 Å². The number of carbonyl (C=O) groups is 1. The summed E-state index contributed by atoms with van der Waals surface area (Å²) in [5.41, 5.74) is 8.09. The molecule has 0 aromatic heterocycles. The van der Waals surface area contributed by atoms with Gasteiger partial charge in [-0.15, -0.1) is 0 Å². The standard InChI is InChI=1S/C11H14N2O2/c1-3-7-4-8(11(14)15)5-9(6(2)12)10(7)13/h4-5,12H,3,13H2,1-2H3,(H,14,15). The zero-order valence-electron chi connectivity index (χ0n) is 8.79. The number of carboxylic acid groups (broad SMARTS) is 1. The Kier molecular flexibility index (Phi) is 3.09. The second-order valence-corrected chi connectivity index (χ2v) is 3.38. The number of rotatable bonds is 3. The summed E-state index contributed by atoms with van der Waals surface area (Å²) in [6.07, 6.45) is 0.660. The molecule has 0 saturated heterocycles. The number of aromatic carboxylic acids is 1. The zero-order valence-corrected chi connectivity index (χ0v) is 8.79. The van der Waals surface area contributed by atoms with Crippen LogP contribution in [0.3, 0.4) is 0 Å². The first kappa shape index (κ1) is 11.2. The molecule has 0 aliphatic heterocycles. The average molecular weight is 206 g/mol. The first-order valence-corrected chi connectivity index (χ1v) is 4.68. The Hall–Kier alpha value is -1.84. The van der Waals surface area contributed by atoms with Crippen LogP contribution in [0.25, 0.3) is 0 Å². The maximum atomic E-state index is 10.8. The molecule has 0 spiro atoms. The summed E-state index contributed by atoms with van der Waals surface area (Å²) >= 11 is 0. The Morgan fingerprint density at radius 3 is 2.53 bits per heavy atom. The van der Waals surface area contributed by atoms with Crippen LogP contribution in [0.2, 0.25) is 0 Å². The van der Waals surface area contributed by atoms with E-state index in [0.717, 1.165) is 5.56 Å². The van der Waals surface area contributed by atoms with Gasteiger partial charge in [-0.1, -0.05) is 6.92 Å². The summed E-state index contributed by atoms with van der Waals surface area (Å²) in [6.45, 7) is 3.50. The van der Waals surface area contributed by atoms with Gasteiger partial charge in [0.05, 0.1) is 5.56 Å². The molecule has 4 nitrogen and oxygen atoms in total. The molecule has 0 fully saturated rings. The third-order valence-electron chi connectivity index (χ3n) is 2.30. The predicted octanol–water partition coefficient (Wildman–Crippen LogP) is 1.92. The highest BCUT2D eigenvalue weighted by Gasteiger charge is 2.12. The van der Waals surface area contributed by atoms with Gasteiger partial charge >= 0.3 is 5.97 Å². The van der Waals surface area contributed by atoms with Crippen LogP contribution in [0.1, 0.15) is 35.3 Å². The van der Waals surface area contributed by atoms with Crippen molar-refractivity contribution in [1.82, 2.24) is 0 Å². The lowest BCUT2D eigenvalue weighted by molar-refractivity contribution is 0.0697. The molecule has 0 heterocycles. The first-order chi connectivity index (χ1) is 6.97. The second kappa shape index (κ2) is 4.13. The van der Waals surface area contributed by atoms with E-state index in [4.69, 9.17) is 16.2 Å². The highest BCUT2D eigenvalue weighted by Crippen LogP contribution is 2.21. The summed E-state index contributed by atoms with van der Waals surface area (Å²) in [6, 6.07) is 3.00. The highest BCUT2D eigenvalue weighted by molar-refractivity contribution is 6.03. The molecule has 0 unspecified atom stereocenters. The third kappa shape index (κ3) is 2.15. The van der Waals surface area contributed by atoms with Crippen molar-refractivity contribution in [1.29, 1.82) is 5.41 Å². The van der Waals surface area contributed by atoms with Gasteiger partial charge in [0.25, 0.3) is 0 Å². The largest absolute Gasteiger partial charge is 0.478 e. The van der Waals surface area contributed by atoms with Gasteiger partial charge in [0.15, 0.2) is 0 Å². The average Bonchev–Trinajstić information content (AvgIpc) is 2.17. The third-order valence-corrected chi connectivity index (χ3v) is 2.30. The summed E-state index contributed by atoms with van der Waals surface area (Å²) in [5.74, 6) is -0.993. The van der Waals surface area contributed by atoms with Gasteiger partial charge in [-0.2, -0.15) is 0 Å². The van der Waals surface area contributed by atoms with Gasteiger partial charge in [-0.05, 0) is 31.0 Å². The van der Waals surface area contributed by atoms with Crippen molar-refractivity contribution < 1.29 is 9.90 Å². The zero-order chi connectivity index (χ0) is 11.6. The van der Waals surface area contributed by atoms with E-state index < -0.39 is 5.97 Å². The SMILES string of the molecule is CCc1cc(C(=O)O)cc(C(C)=N)c1N. The van der Waals surface area contributed by atoms with Gasteiger partial charge in [-0.25, -0.2) is 4.79 Å². The topological polar surface area (TPSA) is 87.2 Å². The molecule has 0 amide bonds. The minimum Gasteiger partial charge on any atom is -0.478 e. The van der Waals surface area contributed by atoms with E-state index in [-0.39, 0.29) is 11.3 Å². The molecule has 1 aromatic carbocycles. The molecule has 15 heavy (non-hydrogen) atoms. The van der Waals surface area contributed by atoms with Gasteiger partial charge in [-0.3, -0.25) is 0 Å². The molecular formula is C11H14N2O2. The summed E-state index contributed by atoms with van der Waals surface area (Å²) in [5, 5.41) is 16.4. The molecule has 0 aliphatic rings. The normalized spacial score (nSPS) is 10.0. The number of carboxylic acids is 1. The van der Waals surface area contributed by atoms with E-state index in [1.165, 1.54) is 6.07 Å². The maximum Gasteiger partial charge on any atom is 0.335 e. The predicted molar refractivity (Wildman–Crippen MR) is 59.7 cm³/mol. The van der Waals surface area contributed by atoms with E-state index in [1.807, 2.05) is 6.92 Å². The maximum absolute atomic E-state index is 10.8. The monoisotopic (exact) mass is 206 g/mol. The summed E-state index contributed by atoms with van der Waals surface area (Å²) in [4.78, 5) is 10.8. The number of nitrogen functional groups attached to an aromatic ring is 1. The van der Waals surface area contributed by atoms with Crippen molar-refractivity contribution in [2.75, 3.05) is 5.73 Å². The fraction of sp³-hybridized carbons (Fsp3) is 0.273. The Bertz CT molecular complexity index is 425. The smallest absolute Gasteiger partial charge is 0.335 e. The molecule has 4 N–H and O–H groups in total. The first-order valence-electron chi connectivity index (χ1n) is 4.68. The number of anilines is 1. The summed E-state index contributed by atoms with van der Waals surface area (Å²) < 4.78 is 0. The van der Waals surface area contributed by atoms with Crippen LogP contribution in [-0.4, -0.2) is 16.8 Å². The lowest BCUT2D eigenvalue weighted by Gasteiger charge is -2.10. The molecule has 0 radical (unpaired) electrons. The molecule has 0 bridgehead atoms. The lowest BCUT2D eigenvalue weighted by atomic mass is 9.98. The van der Waals surface area contributed by atoms with Crippen LogP contribution in [0.5, 0.6) is 0 Å². The summed E-state index contributed by atoms with van der Waals surface area (Å²) in [7, 11) is 0. The number of hydrogen-bond donors (Lipinski definition) is 3. The highest BCUT2D eigenvalue weighted by atomic mass is 16.4. The molecule has 1 rings (SSSR count). The van der Waals surface area contributed by atoms with Crippen molar-refractivity contribution in [3.8, 4) is 0 Å². The van der Waals surface area contributed by atoms with Crippen molar-refractivity contribution in [3.63, 3.8) is 0 Å². The minimum absolute atomic E-state index is 0.183. The molecule has 1 aromatic rings. The van der Waals surface area contributed by atoms with E-state index in [2.05, 4.69) is 0 Å². The van der Waals surface area contributed by atoms with E-state index >= 15 is 0 Å². The molecule has 0 saturated carbocycles. The molecule has 0 atom stereocenters. The van der Waals surface area contributed by atoms with Gasteiger partial charge in [0.2, 0.25) is 0 Å². The van der Waals surface area contributed by atoms with Crippen molar-refractivity contribution in [2.24, 2.45) is 0 Å². The number of nitrogens with two attached hydrogens (primary N) is 1. The Morgan fingerprint density at radius 1 is 1.53 bits per heavy atom. The van der Waals surface area contributed by atoms with E-state index in [1.54, 1.807) is 13.0 Å². The molecule has 80 valence electrons. The van der Waals surface area contributed by atoms with Crippen LogP contribution in [0.15, 0.2) is 12.1 Å². The van der Waals surface area contributed by atoms with E-state index in [0.29, 0.717) is 17.7 Å². The fourth-order valence-electron chi connectivity index (χ4n) is 1.44. The Labute approximate surface area is 88.2 Å². The number of hydrogen-bond acceptors (Lipinski definition) is 3. The molecular weight excluding hydrogens is 192 g/mol. The van der Waals surface area contributed by atoms with Crippen molar-refractivity contribution in [2.45, 2.75) is 20.3 Å². The number of nitrogens with one attached hydrogen (secondary N) is 1. The van der Waals surface area contributed by atoms with Crippen molar-refractivity contribution >= 4 is 17.4 Å². The number of aryl methyl sites for hydroxylation is 1. The van der Waals surface area contributed by atoms with Gasteiger partial charge in [0, 0.05) is 17.0 Å². The second-order valence-electron chi connectivity index (χ2n) is 3.38.